The molecule has 1 aromatic rings. The third kappa shape index (κ3) is 5.96. The second-order valence-corrected chi connectivity index (χ2v) is 8.64. The van der Waals surface area contributed by atoms with Gasteiger partial charge in [0, 0.05) is 12.8 Å². The fourth-order valence-electron chi connectivity index (χ4n) is 3.31. The number of oxime groups is 1. The quantitative estimate of drug-likeness (QED) is 0.463. The first-order valence-electron chi connectivity index (χ1n) is 9.50. The summed E-state index contributed by atoms with van der Waals surface area (Å²) >= 11 is 0. The number of aliphatic hydroxyl groups is 1. The third-order valence-electron chi connectivity index (χ3n) is 4.51. The zero-order valence-corrected chi connectivity index (χ0v) is 18.0. The lowest BCUT2D eigenvalue weighted by atomic mass is 9.80. The van der Waals surface area contributed by atoms with Crippen LogP contribution in [-0.2, 0) is 19.7 Å². The number of rotatable bonds is 9. The molecule has 0 fully saturated rings. The lowest BCUT2D eigenvalue weighted by molar-refractivity contribution is -0.116. The SMILES string of the molecule is CCCC(=NOCC)C1=C(O)CC(c2ccc(OC)c(NS(C)(=O)=O)c2)CC1=O. The number of benzene rings is 1. The first-order valence-corrected chi connectivity index (χ1v) is 11.4. The minimum atomic E-state index is -3.50. The smallest absolute Gasteiger partial charge is 0.229 e. The minimum Gasteiger partial charge on any atom is -0.511 e. The molecule has 160 valence electrons. The van der Waals surface area contributed by atoms with Gasteiger partial charge in [0.2, 0.25) is 10.0 Å². The zero-order chi connectivity index (χ0) is 21.6. The molecule has 1 atom stereocenters. The monoisotopic (exact) mass is 424 g/mol. The van der Waals surface area contributed by atoms with Gasteiger partial charge in [-0.15, -0.1) is 0 Å². The number of aliphatic hydroxyl groups excluding tert-OH is 1. The van der Waals surface area contributed by atoms with Crippen molar-refractivity contribution >= 4 is 27.2 Å². The van der Waals surface area contributed by atoms with Gasteiger partial charge in [-0.1, -0.05) is 24.6 Å². The highest BCUT2D eigenvalue weighted by molar-refractivity contribution is 7.92. The number of ketones is 1. The summed E-state index contributed by atoms with van der Waals surface area (Å²) in [6, 6.07) is 5.05. The fourth-order valence-corrected chi connectivity index (χ4v) is 3.87. The molecule has 0 saturated carbocycles. The highest BCUT2D eigenvalue weighted by Gasteiger charge is 2.32. The van der Waals surface area contributed by atoms with E-state index in [4.69, 9.17) is 9.57 Å². The van der Waals surface area contributed by atoms with Crippen LogP contribution in [0.4, 0.5) is 5.69 Å². The average Bonchev–Trinajstić information content (AvgIpc) is 2.64. The number of ether oxygens (including phenoxy) is 1. The Kier molecular flexibility index (Phi) is 7.66. The van der Waals surface area contributed by atoms with Gasteiger partial charge in [-0.05, 0) is 37.0 Å². The van der Waals surface area contributed by atoms with E-state index in [1.807, 2.05) is 6.92 Å². The molecule has 2 rings (SSSR count). The van der Waals surface area contributed by atoms with E-state index in [0.29, 0.717) is 30.2 Å². The zero-order valence-electron chi connectivity index (χ0n) is 17.2. The van der Waals surface area contributed by atoms with E-state index in [9.17, 15) is 18.3 Å². The van der Waals surface area contributed by atoms with Gasteiger partial charge in [0.05, 0.1) is 30.3 Å². The maximum atomic E-state index is 12.8. The van der Waals surface area contributed by atoms with E-state index in [1.54, 1.807) is 25.1 Å². The third-order valence-corrected chi connectivity index (χ3v) is 5.10. The summed E-state index contributed by atoms with van der Waals surface area (Å²) in [5.41, 5.74) is 1.72. The van der Waals surface area contributed by atoms with E-state index in [0.717, 1.165) is 18.2 Å². The van der Waals surface area contributed by atoms with Crippen molar-refractivity contribution in [2.75, 3.05) is 24.7 Å². The van der Waals surface area contributed by atoms with Crippen LogP contribution in [0.2, 0.25) is 0 Å². The number of nitrogens with one attached hydrogen (secondary N) is 1. The van der Waals surface area contributed by atoms with Crippen LogP contribution < -0.4 is 9.46 Å². The molecule has 9 heteroatoms. The summed E-state index contributed by atoms with van der Waals surface area (Å²) in [7, 11) is -2.05. The van der Waals surface area contributed by atoms with Crippen LogP contribution in [0.1, 0.15) is 51.0 Å². The largest absolute Gasteiger partial charge is 0.511 e. The summed E-state index contributed by atoms with van der Waals surface area (Å²) in [5, 5.41) is 14.6. The molecular weight excluding hydrogens is 396 g/mol. The first kappa shape index (κ1) is 22.7. The molecule has 1 aromatic carbocycles. The topological polar surface area (TPSA) is 114 Å². The van der Waals surface area contributed by atoms with Crippen LogP contribution >= 0.6 is 0 Å². The Morgan fingerprint density at radius 1 is 1.31 bits per heavy atom. The van der Waals surface area contributed by atoms with E-state index < -0.39 is 10.0 Å². The van der Waals surface area contributed by atoms with E-state index in [1.165, 1.54) is 7.11 Å². The molecule has 8 nitrogen and oxygen atoms in total. The summed E-state index contributed by atoms with van der Waals surface area (Å²) in [6.07, 6.45) is 2.77. The van der Waals surface area contributed by atoms with E-state index in [2.05, 4.69) is 9.88 Å². The van der Waals surface area contributed by atoms with Crippen LogP contribution in [0, 0.1) is 0 Å². The molecule has 1 unspecified atom stereocenters. The van der Waals surface area contributed by atoms with Gasteiger partial charge in [0.25, 0.3) is 0 Å². The molecule has 29 heavy (non-hydrogen) atoms. The van der Waals surface area contributed by atoms with Crippen molar-refractivity contribution in [2.45, 2.75) is 45.4 Å². The van der Waals surface area contributed by atoms with Crippen molar-refractivity contribution in [2.24, 2.45) is 5.16 Å². The van der Waals surface area contributed by atoms with Gasteiger partial charge < -0.3 is 14.7 Å². The van der Waals surface area contributed by atoms with E-state index in [-0.39, 0.29) is 35.9 Å². The Bertz CT molecular complexity index is 921. The van der Waals surface area contributed by atoms with Crippen LogP contribution in [0.3, 0.4) is 0 Å². The number of carbonyl (C=O) groups excluding carboxylic acids is 1. The number of sulfonamides is 1. The number of anilines is 1. The lowest BCUT2D eigenvalue weighted by Gasteiger charge is -2.25. The summed E-state index contributed by atoms with van der Waals surface area (Å²) in [4.78, 5) is 17.9. The number of Topliss-reactive ketones (excluding diaryl/α,β-unsaturated/α-hetero) is 1. The molecule has 0 heterocycles. The Balaban J connectivity index is 2.37. The van der Waals surface area contributed by atoms with Gasteiger partial charge in [-0.3, -0.25) is 9.52 Å². The predicted octanol–water partition coefficient (Wildman–Crippen LogP) is 3.52. The highest BCUT2D eigenvalue weighted by Crippen LogP contribution is 2.37. The van der Waals surface area contributed by atoms with Crippen molar-refractivity contribution in [3.05, 3.63) is 35.1 Å². The summed E-state index contributed by atoms with van der Waals surface area (Å²) in [5.74, 6) is -0.145. The van der Waals surface area contributed by atoms with Gasteiger partial charge in [-0.2, -0.15) is 0 Å². The summed E-state index contributed by atoms with van der Waals surface area (Å²) in [6.45, 7) is 4.13. The predicted molar refractivity (Wildman–Crippen MR) is 112 cm³/mol. The summed E-state index contributed by atoms with van der Waals surface area (Å²) < 4.78 is 30.9. The average molecular weight is 425 g/mol. The molecule has 0 radical (unpaired) electrons. The number of hydrogen-bond donors (Lipinski definition) is 2. The maximum Gasteiger partial charge on any atom is 0.229 e. The molecule has 0 aromatic heterocycles. The molecule has 2 N–H and O–H groups in total. The molecule has 0 bridgehead atoms. The van der Waals surface area contributed by atoms with Crippen molar-refractivity contribution in [3.63, 3.8) is 0 Å². The molecule has 0 spiro atoms. The Labute approximate surface area is 171 Å². The number of carbonyl (C=O) groups is 1. The molecule has 1 aliphatic rings. The molecular formula is C20H28N2O6S. The second kappa shape index (κ2) is 9.78. The van der Waals surface area contributed by atoms with Crippen LogP contribution in [-0.4, -0.2) is 45.0 Å². The van der Waals surface area contributed by atoms with Gasteiger partial charge in [-0.25, -0.2) is 8.42 Å². The van der Waals surface area contributed by atoms with E-state index >= 15 is 0 Å². The number of allylic oxidation sites excluding steroid dienone is 2. The highest BCUT2D eigenvalue weighted by atomic mass is 32.2. The van der Waals surface area contributed by atoms with Crippen LogP contribution in [0.15, 0.2) is 34.7 Å². The first-order chi connectivity index (χ1) is 13.7. The van der Waals surface area contributed by atoms with Gasteiger partial charge >= 0.3 is 0 Å². The molecule has 1 aliphatic carbocycles. The normalized spacial score (nSPS) is 18.0. The van der Waals surface area contributed by atoms with Crippen molar-refractivity contribution in [1.82, 2.24) is 0 Å². The second-order valence-electron chi connectivity index (χ2n) is 6.89. The van der Waals surface area contributed by atoms with Crippen molar-refractivity contribution < 1.29 is 27.9 Å². The Morgan fingerprint density at radius 2 is 2.03 bits per heavy atom. The maximum absolute atomic E-state index is 12.8. The standard InChI is InChI=1S/C20H28N2O6S/c1-5-7-15(21-28-6-2)20-17(23)11-14(12-18(20)24)13-8-9-19(27-3)16(10-13)22-29(4,25)26/h8-10,14,22-23H,5-7,11-12H2,1-4H3. The number of nitrogens with zero attached hydrogens (tertiary/aromatic N) is 1. The minimum absolute atomic E-state index is 0.0217. The van der Waals surface area contributed by atoms with Crippen LogP contribution in [0.25, 0.3) is 0 Å². The molecule has 0 aliphatic heterocycles. The molecule has 0 amide bonds. The lowest BCUT2D eigenvalue weighted by Crippen LogP contribution is -2.24. The van der Waals surface area contributed by atoms with Crippen LogP contribution in [0.5, 0.6) is 5.75 Å². The number of methoxy groups -OCH3 is 1. The Morgan fingerprint density at radius 3 is 2.59 bits per heavy atom. The fraction of sp³-hybridized carbons (Fsp3) is 0.500. The Hall–Kier alpha value is -2.55. The van der Waals surface area contributed by atoms with Crippen molar-refractivity contribution in [3.8, 4) is 5.75 Å². The van der Waals surface area contributed by atoms with Gasteiger partial charge in [0.1, 0.15) is 18.1 Å². The van der Waals surface area contributed by atoms with Crippen molar-refractivity contribution in [1.29, 1.82) is 0 Å². The molecule has 0 saturated heterocycles. The number of hydrogen-bond acceptors (Lipinski definition) is 7. The van der Waals surface area contributed by atoms with Gasteiger partial charge in [0.15, 0.2) is 5.78 Å².